The van der Waals surface area contributed by atoms with Crippen molar-refractivity contribution in [2.75, 3.05) is 31.1 Å². The first-order valence-corrected chi connectivity index (χ1v) is 11.3. The van der Waals surface area contributed by atoms with Gasteiger partial charge in [0.25, 0.3) is 11.5 Å². The molecular weight excluding hydrogens is 399 g/mol. The van der Waals surface area contributed by atoms with Crippen LogP contribution >= 0.6 is 0 Å². The zero-order chi connectivity index (χ0) is 21.7. The molecule has 5 rings (SSSR count). The van der Waals surface area contributed by atoms with Crippen molar-refractivity contribution in [2.24, 2.45) is 13.0 Å². The van der Waals surface area contributed by atoms with E-state index in [1.165, 1.54) is 0 Å². The average Bonchev–Trinajstić information content (AvgIpc) is 3.15. The minimum absolute atomic E-state index is 0.207. The molecule has 2 fully saturated rings. The molecule has 0 aromatic carbocycles. The van der Waals surface area contributed by atoms with Crippen LogP contribution in [0.3, 0.4) is 0 Å². The Labute approximate surface area is 180 Å². The molecule has 8 nitrogen and oxygen atoms in total. The van der Waals surface area contributed by atoms with Gasteiger partial charge in [-0.3, -0.25) is 9.59 Å². The molecule has 0 aliphatic carbocycles. The van der Waals surface area contributed by atoms with Gasteiger partial charge in [0.2, 0.25) is 5.95 Å². The molecule has 2 bridgehead atoms. The molecule has 9 heteroatoms. The first-order chi connectivity index (χ1) is 14.9. The Kier molecular flexibility index (Phi) is 5.06. The largest absolute Gasteiger partial charge is 0.340 e. The van der Waals surface area contributed by atoms with E-state index in [2.05, 4.69) is 15.0 Å². The van der Waals surface area contributed by atoms with Gasteiger partial charge in [-0.05, 0) is 37.3 Å². The highest BCUT2D eigenvalue weighted by atomic mass is 19.1. The van der Waals surface area contributed by atoms with E-state index in [9.17, 15) is 14.0 Å². The first-order valence-electron chi connectivity index (χ1n) is 11.3. The number of fused-ring (bicyclic) bond motifs is 4. The van der Waals surface area contributed by atoms with Crippen LogP contribution in [0.25, 0.3) is 0 Å². The van der Waals surface area contributed by atoms with Crippen LogP contribution in [0, 0.1) is 5.92 Å². The van der Waals surface area contributed by atoms with Gasteiger partial charge in [-0.2, -0.15) is 10.1 Å². The molecule has 1 amide bonds. The zero-order valence-electron chi connectivity index (χ0n) is 18.1. The molecule has 0 unspecified atom stereocenters. The predicted octanol–water partition coefficient (Wildman–Crippen LogP) is 1.74. The van der Waals surface area contributed by atoms with Crippen LogP contribution in [0.15, 0.2) is 16.9 Å². The molecular formula is C22H29FN6O2. The van der Waals surface area contributed by atoms with Crippen molar-refractivity contribution in [1.82, 2.24) is 24.2 Å². The number of nitrogens with zero attached hydrogens (tertiary/aromatic N) is 6. The van der Waals surface area contributed by atoms with Gasteiger partial charge in [-0.25, -0.2) is 9.07 Å². The lowest BCUT2D eigenvalue weighted by Gasteiger charge is -2.43. The molecule has 0 spiro atoms. The monoisotopic (exact) mass is 428 g/mol. The normalized spacial score (nSPS) is 23.7. The number of pyridine rings is 1. The molecule has 2 aromatic heterocycles. The minimum Gasteiger partial charge on any atom is -0.340 e. The van der Waals surface area contributed by atoms with Crippen LogP contribution in [-0.2, 0) is 20.0 Å². The lowest BCUT2D eigenvalue weighted by Crippen LogP contribution is -2.49. The summed E-state index contributed by atoms with van der Waals surface area (Å²) in [6.07, 6.45) is 1.68. The van der Waals surface area contributed by atoms with Crippen molar-refractivity contribution < 1.29 is 9.18 Å². The molecule has 0 radical (unpaired) electrons. The Morgan fingerprint density at radius 1 is 1.19 bits per heavy atom. The van der Waals surface area contributed by atoms with Crippen LogP contribution in [0.2, 0.25) is 0 Å². The van der Waals surface area contributed by atoms with Gasteiger partial charge in [0.1, 0.15) is 11.7 Å². The number of hydrogen-bond donors (Lipinski definition) is 0. The third-order valence-corrected chi connectivity index (χ3v) is 6.93. The van der Waals surface area contributed by atoms with E-state index < -0.39 is 6.17 Å². The van der Waals surface area contributed by atoms with Gasteiger partial charge >= 0.3 is 0 Å². The highest BCUT2D eigenvalue weighted by molar-refractivity contribution is 5.94. The number of alkyl halides is 1. The number of aryl methyl sites for hydroxylation is 2. The van der Waals surface area contributed by atoms with Crippen molar-refractivity contribution in [1.29, 1.82) is 0 Å². The number of anilines is 1. The molecule has 166 valence electrons. The second kappa shape index (κ2) is 7.76. The van der Waals surface area contributed by atoms with Crippen LogP contribution in [0.4, 0.5) is 10.3 Å². The van der Waals surface area contributed by atoms with Gasteiger partial charge in [-0.1, -0.05) is 6.92 Å². The van der Waals surface area contributed by atoms with Crippen molar-refractivity contribution in [2.45, 2.75) is 51.2 Å². The maximum absolute atomic E-state index is 13.4. The molecule has 0 N–H and O–H groups in total. The van der Waals surface area contributed by atoms with Crippen LogP contribution in [0.5, 0.6) is 0 Å². The van der Waals surface area contributed by atoms with Crippen LogP contribution in [0.1, 0.15) is 54.0 Å². The van der Waals surface area contributed by atoms with Crippen molar-refractivity contribution in [3.63, 3.8) is 0 Å². The second-order valence-corrected chi connectivity index (χ2v) is 9.06. The molecule has 3 aliphatic rings. The third kappa shape index (κ3) is 3.53. The molecule has 31 heavy (non-hydrogen) atoms. The zero-order valence-corrected chi connectivity index (χ0v) is 18.1. The van der Waals surface area contributed by atoms with Crippen LogP contribution < -0.4 is 10.5 Å². The molecule has 2 saturated heterocycles. The number of rotatable bonds is 3. The number of carbonyl (C=O) groups excluding carboxylic acids is 1. The summed E-state index contributed by atoms with van der Waals surface area (Å²) < 4.78 is 17.1. The second-order valence-electron chi connectivity index (χ2n) is 9.06. The van der Waals surface area contributed by atoms with E-state index in [0.29, 0.717) is 38.4 Å². The number of aromatic nitrogens is 4. The van der Waals surface area contributed by atoms with Gasteiger partial charge in [0.15, 0.2) is 5.82 Å². The highest BCUT2D eigenvalue weighted by Crippen LogP contribution is 2.36. The predicted molar refractivity (Wildman–Crippen MR) is 114 cm³/mol. The summed E-state index contributed by atoms with van der Waals surface area (Å²) in [4.78, 5) is 34.7. The SMILES string of the molecule is CCc1nc(N2C[C@@H]3C[C@H](C2)c2ccc(C(=O)N4CCC(F)CC4)c(=O)n2C3)n(C)n1. The Hall–Kier alpha value is -2.71. The van der Waals surface area contributed by atoms with Crippen LogP contribution in [-0.4, -0.2) is 62.5 Å². The van der Waals surface area contributed by atoms with E-state index >= 15 is 0 Å². The lowest BCUT2D eigenvalue weighted by molar-refractivity contribution is 0.0664. The maximum Gasteiger partial charge on any atom is 0.263 e. The molecule has 0 saturated carbocycles. The van der Waals surface area contributed by atoms with E-state index in [-0.39, 0.29) is 22.9 Å². The van der Waals surface area contributed by atoms with Gasteiger partial charge < -0.3 is 14.4 Å². The van der Waals surface area contributed by atoms with Crippen molar-refractivity contribution in [3.8, 4) is 0 Å². The lowest BCUT2D eigenvalue weighted by atomic mass is 9.83. The summed E-state index contributed by atoms with van der Waals surface area (Å²) in [5, 5.41) is 4.48. The topological polar surface area (TPSA) is 76.3 Å². The fourth-order valence-corrected chi connectivity index (χ4v) is 5.35. The van der Waals surface area contributed by atoms with Crippen molar-refractivity contribution >= 4 is 11.9 Å². The minimum atomic E-state index is -0.849. The highest BCUT2D eigenvalue weighted by Gasteiger charge is 2.37. The maximum atomic E-state index is 13.4. The summed E-state index contributed by atoms with van der Waals surface area (Å²) in [6, 6.07) is 3.61. The Bertz CT molecular complexity index is 1050. The average molecular weight is 429 g/mol. The number of carbonyl (C=O) groups is 1. The first kappa shape index (κ1) is 20.2. The van der Waals surface area contributed by atoms with Gasteiger partial charge in [0, 0.05) is 57.8 Å². The Morgan fingerprint density at radius 2 is 1.97 bits per heavy atom. The summed E-state index contributed by atoms with van der Waals surface area (Å²) >= 11 is 0. The Balaban J connectivity index is 1.41. The molecule has 2 atom stereocenters. The van der Waals surface area contributed by atoms with Crippen molar-refractivity contribution in [3.05, 3.63) is 39.6 Å². The number of piperidine rings is 2. The third-order valence-electron chi connectivity index (χ3n) is 6.93. The molecule has 5 heterocycles. The van der Waals surface area contributed by atoms with E-state index in [1.807, 2.05) is 24.7 Å². The fraction of sp³-hybridized carbons (Fsp3) is 0.636. The van der Waals surface area contributed by atoms with E-state index in [1.54, 1.807) is 15.5 Å². The summed E-state index contributed by atoms with van der Waals surface area (Å²) in [5.74, 6) is 1.98. The van der Waals surface area contributed by atoms with E-state index in [4.69, 9.17) is 0 Å². The Morgan fingerprint density at radius 3 is 2.68 bits per heavy atom. The summed E-state index contributed by atoms with van der Waals surface area (Å²) in [5.41, 5.74) is 0.988. The number of halogens is 1. The smallest absolute Gasteiger partial charge is 0.263 e. The van der Waals surface area contributed by atoms with Gasteiger partial charge in [0.05, 0.1) is 0 Å². The molecule has 2 aromatic rings. The standard InChI is InChI=1S/C22H29FN6O2/c1-3-19-24-22(26(2)25-19)28-11-14-10-15(13-28)18-5-4-17(21(31)29(18)12-14)20(30)27-8-6-16(23)7-9-27/h4-5,14-16H,3,6-13H2,1-2H3/t14-,15+/m0/s1. The van der Waals surface area contributed by atoms with E-state index in [0.717, 1.165) is 43.4 Å². The summed E-state index contributed by atoms with van der Waals surface area (Å²) in [7, 11) is 1.92. The molecule has 3 aliphatic heterocycles. The van der Waals surface area contributed by atoms with Gasteiger partial charge in [-0.15, -0.1) is 0 Å². The quantitative estimate of drug-likeness (QED) is 0.744. The fourth-order valence-electron chi connectivity index (χ4n) is 5.35. The number of likely N-dealkylation sites (tertiary alicyclic amines) is 1. The summed E-state index contributed by atoms with van der Waals surface area (Å²) in [6.45, 7) is 5.00. The number of amides is 1. The number of hydrogen-bond acceptors (Lipinski definition) is 5.